The Morgan fingerprint density at radius 1 is 1.10 bits per heavy atom. The van der Waals surface area contributed by atoms with Gasteiger partial charge in [0.05, 0.1) is 13.2 Å². The molecule has 0 saturated carbocycles. The number of benzene rings is 2. The molecule has 0 radical (unpaired) electrons. The van der Waals surface area contributed by atoms with Gasteiger partial charge in [0.2, 0.25) is 5.91 Å². The predicted molar refractivity (Wildman–Crippen MR) is 123 cm³/mol. The van der Waals surface area contributed by atoms with Crippen LogP contribution in [0.3, 0.4) is 0 Å². The van der Waals surface area contributed by atoms with Crippen molar-refractivity contribution in [2.24, 2.45) is 4.99 Å². The van der Waals surface area contributed by atoms with Gasteiger partial charge in [-0.3, -0.25) is 4.79 Å². The maximum atomic E-state index is 12.9. The van der Waals surface area contributed by atoms with Crippen molar-refractivity contribution in [1.82, 2.24) is 15.1 Å². The number of aryl methyl sites for hydroxylation is 1. The third kappa shape index (κ3) is 5.07. The van der Waals surface area contributed by atoms with Gasteiger partial charge in [-0.1, -0.05) is 48.5 Å². The topological polar surface area (TPSA) is 57.2 Å². The van der Waals surface area contributed by atoms with Crippen LogP contribution >= 0.6 is 0 Å². The third-order valence-electron chi connectivity index (χ3n) is 6.08. The van der Waals surface area contributed by atoms with Crippen LogP contribution in [0.15, 0.2) is 53.5 Å². The summed E-state index contributed by atoms with van der Waals surface area (Å²) in [7, 11) is 0. The van der Waals surface area contributed by atoms with Gasteiger partial charge in [-0.05, 0) is 42.5 Å². The average Bonchev–Trinajstić information content (AvgIpc) is 2.81. The Morgan fingerprint density at radius 3 is 2.68 bits per heavy atom. The molecule has 2 heterocycles. The number of ether oxygens (including phenoxy) is 1. The fourth-order valence-electron chi connectivity index (χ4n) is 4.35. The molecule has 1 saturated heterocycles. The number of carbonyl (C=O) groups excluding carboxylic acids is 1. The van der Waals surface area contributed by atoms with Crippen LogP contribution in [0.1, 0.15) is 35.3 Å². The summed E-state index contributed by atoms with van der Waals surface area (Å²) in [5, 5.41) is 3.36. The van der Waals surface area contributed by atoms with Crippen LogP contribution in [0.25, 0.3) is 0 Å². The number of carbonyl (C=O) groups is 1. The van der Waals surface area contributed by atoms with E-state index < -0.39 is 0 Å². The van der Waals surface area contributed by atoms with Crippen molar-refractivity contribution in [2.75, 3.05) is 39.3 Å². The van der Waals surface area contributed by atoms with Gasteiger partial charge in [0.1, 0.15) is 12.6 Å². The highest BCUT2D eigenvalue weighted by Crippen LogP contribution is 2.25. The van der Waals surface area contributed by atoms with Gasteiger partial charge in [0, 0.05) is 26.2 Å². The summed E-state index contributed by atoms with van der Waals surface area (Å²) in [5.41, 5.74) is 5.04. The van der Waals surface area contributed by atoms with Crippen molar-refractivity contribution in [2.45, 2.75) is 32.9 Å². The van der Waals surface area contributed by atoms with E-state index in [4.69, 9.17) is 9.73 Å². The molecule has 31 heavy (non-hydrogen) atoms. The van der Waals surface area contributed by atoms with Crippen molar-refractivity contribution in [3.8, 4) is 0 Å². The van der Waals surface area contributed by atoms with E-state index in [-0.39, 0.29) is 18.6 Å². The Hall–Kier alpha value is -2.86. The lowest BCUT2D eigenvalue weighted by molar-refractivity contribution is -0.130. The molecule has 1 fully saturated rings. The van der Waals surface area contributed by atoms with E-state index in [1.165, 1.54) is 22.3 Å². The molecule has 164 valence electrons. The second-order valence-corrected chi connectivity index (χ2v) is 8.17. The number of nitrogens with one attached hydrogen (secondary N) is 1. The number of nitrogens with zero attached hydrogens (tertiary/aromatic N) is 3. The van der Waals surface area contributed by atoms with Crippen molar-refractivity contribution >= 4 is 11.9 Å². The maximum Gasteiger partial charge on any atom is 0.244 e. The highest BCUT2D eigenvalue weighted by atomic mass is 16.5. The van der Waals surface area contributed by atoms with Crippen LogP contribution < -0.4 is 5.32 Å². The standard InChI is InChI=1S/C25H32N4O2/c1-3-26-25(29-14-15-31-23(18-29)22-11-7-4-8-19(22)2)27-16-24(30)28-13-12-20-9-5-6-10-21(20)17-28/h4-11,23H,3,12-18H2,1-2H3,(H,26,27). The zero-order chi connectivity index (χ0) is 21.6. The quantitative estimate of drug-likeness (QED) is 0.610. The molecule has 1 amide bonds. The Bertz CT molecular complexity index is 943. The highest BCUT2D eigenvalue weighted by Gasteiger charge is 2.26. The molecule has 2 aromatic rings. The van der Waals surface area contributed by atoms with Crippen LogP contribution in [0.4, 0.5) is 0 Å². The number of aliphatic imine (C=N–C) groups is 1. The van der Waals surface area contributed by atoms with Gasteiger partial charge in [-0.2, -0.15) is 0 Å². The molecule has 6 heteroatoms. The summed E-state index contributed by atoms with van der Waals surface area (Å²) in [5.74, 6) is 0.865. The van der Waals surface area contributed by atoms with Gasteiger partial charge in [-0.15, -0.1) is 0 Å². The van der Waals surface area contributed by atoms with Gasteiger partial charge < -0.3 is 19.9 Å². The van der Waals surface area contributed by atoms with Crippen molar-refractivity contribution in [3.63, 3.8) is 0 Å². The molecule has 2 aliphatic rings. The van der Waals surface area contributed by atoms with Crippen LogP contribution in [0.5, 0.6) is 0 Å². The minimum atomic E-state index is 0.00750. The van der Waals surface area contributed by atoms with Crippen molar-refractivity contribution in [3.05, 3.63) is 70.8 Å². The SMILES string of the molecule is CCNC(=NCC(=O)N1CCc2ccccc2C1)N1CCOC(c2ccccc2C)C1. The summed E-state index contributed by atoms with van der Waals surface area (Å²) in [4.78, 5) is 21.7. The lowest BCUT2D eigenvalue weighted by Gasteiger charge is -2.36. The predicted octanol–water partition coefficient (Wildman–Crippen LogP) is 2.92. The fraction of sp³-hybridized carbons (Fsp3) is 0.440. The number of hydrogen-bond donors (Lipinski definition) is 1. The van der Waals surface area contributed by atoms with E-state index in [0.717, 1.165) is 38.6 Å². The number of rotatable bonds is 4. The molecule has 0 aliphatic carbocycles. The molecular weight excluding hydrogens is 388 g/mol. The average molecular weight is 421 g/mol. The Kier molecular flexibility index (Phi) is 6.87. The monoisotopic (exact) mass is 420 g/mol. The second-order valence-electron chi connectivity index (χ2n) is 8.17. The second kappa shape index (κ2) is 9.96. The summed E-state index contributed by atoms with van der Waals surface area (Å²) in [6, 6.07) is 16.7. The minimum absolute atomic E-state index is 0.00750. The van der Waals surface area contributed by atoms with E-state index >= 15 is 0 Å². The first-order valence-corrected chi connectivity index (χ1v) is 11.2. The molecule has 1 atom stereocenters. The lowest BCUT2D eigenvalue weighted by Crippen LogP contribution is -2.48. The fourth-order valence-corrected chi connectivity index (χ4v) is 4.35. The van der Waals surface area contributed by atoms with Crippen molar-refractivity contribution in [1.29, 1.82) is 0 Å². The molecule has 1 unspecified atom stereocenters. The van der Waals surface area contributed by atoms with E-state index in [1.807, 2.05) is 11.0 Å². The number of amides is 1. The smallest absolute Gasteiger partial charge is 0.244 e. The minimum Gasteiger partial charge on any atom is -0.370 e. The maximum absolute atomic E-state index is 12.9. The summed E-state index contributed by atoms with van der Waals surface area (Å²) < 4.78 is 6.06. The van der Waals surface area contributed by atoms with E-state index in [1.54, 1.807) is 0 Å². The van der Waals surface area contributed by atoms with Crippen LogP contribution in [0, 0.1) is 6.92 Å². The van der Waals surface area contributed by atoms with Gasteiger partial charge in [0.25, 0.3) is 0 Å². The summed E-state index contributed by atoms with van der Waals surface area (Å²) >= 11 is 0. The van der Waals surface area contributed by atoms with Crippen LogP contribution in [-0.4, -0.2) is 61.0 Å². The lowest BCUT2D eigenvalue weighted by atomic mass is 10.00. The van der Waals surface area contributed by atoms with Crippen LogP contribution in [0.2, 0.25) is 0 Å². The van der Waals surface area contributed by atoms with E-state index in [0.29, 0.717) is 13.2 Å². The molecule has 2 aromatic carbocycles. The molecule has 4 rings (SSSR count). The molecule has 2 aliphatic heterocycles. The Morgan fingerprint density at radius 2 is 1.87 bits per heavy atom. The molecule has 0 spiro atoms. The number of morpholine rings is 1. The first kappa shape index (κ1) is 21.4. The van der Waals surface area contributed by atoms with Gasteiger partial charge >= 0.3 is 0 Å². The zero-order valence-electron chi connectivity index (χ0n) is 18.5. The van der Waals surface area contributed by atoms with E-state index in [9.17, 15) is 4.79 Å². The Balaban J connectivity index is 1.42. The number of fused-ring (bicyclic) bond motifs is 1. The molecule has 1 N–H and O–H groups in total. The largest absolute Gasteiger partial charge is 0.370 e. The third-order valence-corrected chi connectivity index (χ3v) is 6.08. The summed E-state index contributed by atoms with van der Waals surface area (Å²) in [6.45, 7) is 8.66. The highest BCUT2D eigenvalue weighted by molar-refractivity contribution is 5.85. The van der Waals surface area contributed by atoms with Gasteiger partial charge in [-0.25, -0.2) is 4.99 Å². The van der Waals surface area contributed by atoms with Gasteiger partial charge in [0.15, 0.2) is 5.96 Å². The van der Waals surface area contributed by atoms with Crippen molar-refractivity contribution < 1.29 is 9.53 Å². The van der Waals surface area contributed by atoms with E-state index in [2.05, 4.69) is 66.5 Å². The molecular formula is C25H32N4O2. The number of guanidine groups is 1. The number of hydrogen-bond acceptors (Lipinski definition) is 3. The first-order chi connectivity index (χ1) is 15.2. The first-order valence-electron chi connectivity index (χ1n) is 11.2. The molecule has 6 nitrogen and oxygen atoms in total. The summed E-state index contributed by atoms with van der Waals surface area (Å²) in [6.07, 6.45) is 0.917. The molecule has 0 aromatic heterocycles. The zero-order valence-corrected chi connectivity index (χ0v) is 18.5. The van der Waals surface area contributed by atoms with Crippen LogP contribution in [-0.2, 0) is 22.5 Å². The Labute approximate surface area is 184 Å². The normalized spacial score (nSPS) is 19.2. The molecule has 0 bridgehead atoms.